The first-order valence-electron chi connectivity index (χ1n) is 12.8. The van der Waals surface area contributed by atoms with Crippen LogP contribution in [0.1, 0.15) is 35.3 Å². The van der Waals surface area contributed by atoms with Crippen LogP contribution in [0.15, 0.2) is 78.9 Å². The number of anilines is 3. The highest BCUT2D eigenvalue weighted by Crippen LogP contribution is 2.38. The summed E-state index contributed by atoms with van der Waals surface area (Å²) in [4.78, 5) is 37.1. The molecule has 208 valence electrons. The maximum absolute atomic E-state index is 13.5. The molecular formula is C31H27FN4O5. The third-order valence-electron chi connectivity index (χ3n) is 7.14. The zero-order chi connectivity index (χ0) is 29.3. The molecule has 1 aliphatic rings. The van der Waals surface area contributed by atoms with E-state index in [9.17, 15) is 24.1 Å². The van der Waals surface area contributed by atoms with Gasteiger partial charge in [0.2, 0.25) is 5.91 Å². The molecule has 0 unspecified atom stereocenters. The fourth-order valence-electron chi connectivity index (χ4n) is 4.69. The Morgan fingerprint density at radius 1 is 0.951 bits per heavy atom. The number of methoxy groups -OCH3 is 1. The number of fused-ring (bicyclic) bond motifs is 2. The van der Waals surface area contributed by atoms with E-state index in [0.29, 0.717) is 39.3 Å². The lowest BCUT2D eigenvalue weighted by molar-refractivity contribution is -0.385. The van der Waals surface area contributed by atoms with Gasteiger partial charge in [0, 0.05) is 12.6 Å². The third-order valence-corrected chi connectivity index (χ3v) is 7.14. The molecule has 4 aromatic rings. The van der Waals surface area contributed by atoms with Crippen molar-refractivity contribution >= 4 is 34.6 Å². The van der Waals surface area contributed by atoms with Crippen LogP contribution in [0.25, 0.3) is 11.1 Å². The lowest BCUT2D eigenvalue weighted by Crippen LogP contribution is -2.39. The predicted octanol–water partition coefficient (Wildman–Crippen LogP) is 6.31. The standard InChI is InChI=1S/C31H27FN4O5/c1-31(2,30(38)33-17-18-5-4-6-22(32)13-18)21-9-11-24-26(16-21)35-29(37)23-10-7-19(14-25(23)34-24)20-8-12-27(36(39)40)28(15-20)41-3/h4-16,34H,17H2,1-3H3,(H,33,38)(H,35,37). The third kappa shape index (κ3) is 5.44. The highest BCUT2D eigenvalue weighted by Gasteiger charge is 2.31. The van der Waals surface area contributed by atoms with Crippen LogP contribution < -0.4 is 20.7 Å². The number of hydrogen-bond donors (Lipinski definition) is 3. The van der Waals surface area contributed by atoms with E-state index in [1.807, 2.05) is 6.07 Å². The molecule has 0 fully saturated rings. The molecule has 3 N–H and O–H groups in total. The van der Waals surface area contributed by atoms with E-state index in [4.69, 9.17) is 4.74 Å². The van der Waals surface area contributed by atoms with Crippen LogP contribution in [-0.2, 0) is 16.8 Å². The normalized spacial score (nSPS) is 12.2. The van der Waals surface area contributed by atoms with Crippen LogP contribution in [0.5, 0.6) is 5.75 Å². The number of hydrogen-bond acceptors (Lipinski definition) is 6. The Labute approximate surface area is 235 Å². The Morgan fingerprint density at radius 3 is 2.44 bits per heavy atom. The molecule has 0 bridgehead atoms. The first-order chi connectivity index (χ1) is 19.6. The summed E-state index contributed by atoms with van der Waals surface area (Å²) < 4.78 is 18.7. The molecule has 0 saturated carbocycles. The largest absolute Gasteiger partial charge is 0.490 e. The number of nitro benzene ring substituents is 1. The van der Waals surface area contributed by atoms with Gasteiger partial charge in [-0.25, -0.2) is 4.39 Å². The number of carbonyl (C=O) groups excluding carboxylic acids is 2. The zero-order valence-electron chi connectivity index (χ0n) is 22.6. The molecule has 10 heteroatoms. The Morgan fingerprint density at radius 2 is 1.71 bits per heavy atom. The summed E-state index contributed by atoms with van der Waals surface area (Å²) >= 11 is 0. The first kappa shape index (κ1) is 27.3. The molecule has 4 aromatic carbocycles. The topological polar surface area (TPSA) is 123 Å². The molecule has 0 aromatic heterocycles. The molecule has 0 radical (unpaired) electrons. The summed E-state index contributed by atoms with van der Waals surface area (Å²) in [6, 6.07) is 21.2. The van der Waals surface area contributed by atoms with Gasteiger partial charge in [0.05, 0.1) is 40.1 Å². The van der Waals surface area contributed by atoms with Crippen LogP contribution in [-0.4, -0.2) is 23.8 Å². The van der Waals surface area contributed by atoms with Gasteiger partial charge in [0.25, 0.3) is 5.91 Å². The molecule has 0 spiro atoms. The SMILES string of the molecule is COc1cc(-c2ccc3c(c2)Nc2ccc(C(C)(C)C(=O)NCc4cccc(F)c4)cc2NC3=O)ccc1[N+](=O)[O-]. The summed E-state index contributed by atoms with van der Waals surface area (Å²) in [7, 11) is 1.37. The molecule has 2 amide bonds. The number of amides is 2. The lowest BCUT2D eigenvalue weighted by atomic mass is 9.83. The van der Waals surface area contributed by atoms with Crippen LogP contribution in [0.2, 0.25) is 0 Å². The number of benzene rings is 4. The van der Waals surface area contributed by atoms with Crippen molar-refractivity contribution < 1.29 is 23.6 Å². The van der Waals surface area contributed by atoms with Gasteiger partial charge >= 0.3 is 5.69 Å². The van der Waals surface area contributed by atoms with Crippen molar-refractivity contribution in [3.05, 3.63) is 111 Å². The summed E-state index contributed by atoms with van der Waals surface area (Å²) in [5, 5.41) is 20.4. The van der Waals surface area contributed by atoms with Gasteiger partial charge in [-0.3, -0.25) is 19.7 Å². The maximum Gasteiger partial charge on any atom is 0.310 e. The van der Waals surface area contributed by atoms with Crippen molar-refractivity contribution in [3.8, 4) is 16.9 Å². The monoisotopic (exact) mass is 554 g/mol. The number of rotatable bonds is 7. The van der Waals surface area contributed by atoms with Crippen molar-refractivity contribution in [1.29, 1.82) is 0 Å². The molecule has 1 aliphatic heterocycles. The Kier molecular flexibility index (Phi) is 7.15. The summed E-state index contributed by atoms with van der Waals surface area (Å²) in [5.41, 5.74) is 3.76. The number of carbonyl (C=O) groups is 2. The van der Waals surface area contributed by atoms with E-state index >= 15 is 0 Å². The lowest BCUT2D eigenvalue weighted by Gasteiger charge is -2.25. The van der Waals surface area contributed by atoms with Gasteiger partial charge in [0.1, 0.15) is 5.82 Å². The van der Waals surface area contributed by atoms with Gasteiger partial charge in [-0.2, -0.15) is 0 Å². The average Bonchev–Trinajstić information content (AvgIpc) is 3.09. The molecule has 1 heterocycles. The highest BCUT2D eigenvalue weighted by atomic mass is 19.1. The molecule has 0 aliphatic carbocycles. The first-order valence-corrected chi connectivity index (χ1v) is 12.8. The summed E-state index contributed by atoms with van der Waals surface area (Å²) in [6.07, 6.45) is 0. The Bertz CT molecular complexity index is 1700. The Balaban J connectivity index is 1.40. The van der Waals surface area contributed by atoms with Crippen LogP contribution in [0, 0.1) is 15.9 Å². The van der Waals surface area contributed by atoms with E-state index in [2.05, 4.69) is 16.0 Å². The van der Waals surface area contributed by atoms with Gasteiger partial charge in [0.15, 0.2) is 5.75 Å². The summed E-state index contributed by atoms with van der Waals surface area (Å²) in [6.45, 7) is 3.74. The van der Waals surface area contributed by atoms with Gasteiger partial charge in [-0.05, 0) is 84.6 Å². The second-order valence-electron chi connectivity index (χ2n) is 10.2. The van der Waals surface area contributed by atoms with Crippen molar-refractivity contribution in [2.75, 3.05) is 17.7 Å². The van der Waals surface area contributed by atoms with Crippen molar-refractivity contribution in [1.82, 2.24) is 5.32 Å². The number of nitrogens with zero attached hydrogens (tertiary/aromatic N) is 1. The van der Waals surface area contributed by atoms with Crippen LogP contribution in [0.3, 0.4) is 0 Å². The fraction of sp³-hybridized carbons (Fsp3) is 0.161. The minimum atomic E-state index is -0.950. The number of nitro groups is 1. The molecule has 41 heavy (non-hydrogen) atoms. The number of halogens is 1. The van der Waals surface area contributed by atoms with Crippen molar-refractivity contribution in [2.24, 2.45) is 0 Å². The number of nitrogens with one attached hydrogen (secondary N) is 3. The average molecular weight is 555 g/mol. The van der Waals surface area contributed by atoms with Crippen LogP contribution in [0.4, 0.5) is 27.1 Å². The van der Waals surface area contributed by atoms with Crippen molar-refractivity contribution in [3.63, 3.8) is 0 Å². The van der Waals surface area contributed by atoms with Gasteiger partial charge < -0.3 is 20.7 Å². The van der Waals surface area contributed by atoms with Crippen molar-refractivity contribution in [2.45, 2.75) is 25.8 Å². The smallest absolute Gasteiger partial charge is 0.310 e. The van der Waals surface area contributed by atoms with E-state index < -0.39 is 10.3 Å². The molecular weight excluding hydrogens is 527 g/mol. The molecule has 0 saturated heterocycles. The van der Waals surface area contributed by atoms with E-state index in [1.165, 1.54) is 25.3 Å². The quantitative estimate of drug-likeness (QED) is 0.182. The van der Waals surface area contributed by atoms with E-state index in [-0.39, 0.29) is 35.6 Å². The van der Waals surface area contributed by atoms with Gasteiger partial charge in [-0.15, -0.1) is 0 Å². The van der Waals surface area contributed by atoms with Gasteiger partial charge in [-0.1, -0.05) is 24.3 Å². The molecule has 5 rings (SSSR count). The molecule has 0 atom stereocenters. The van der Waals surface area contributed by atoms with Crippen LogP contribution >= 0.6 is 0 Å². The number of ether oxygens (including phenoxy) is 1. The van der Waals surface area contributed by atoms with E-state index in [0.717, 1.165) is 5.56 Å². The highest BCUT2D eigenvalue weighted by molar-refractivity contribution is 6.12. The maximum atomic E-state index is 13.5. The Hall–Kier alpha value is -5.25. The second-order valence-corrected chi connectivity index (χ2v) is 10.2. The minimum Gasteiger partial charge on any atom is -0.490 e. The second kappa shape index (κ2) is 10.7. The predicted molar refractivity (Wildman–Crippen MR) is 154 cm³/mol. The van der Waals surface area contributed by atoms with E-state index in [1.54, 1.807) is 68.4 Å². The zero-order valence-corrected chi connectivity index (χ0v) is 22.6. The fourth-order valence-corrected chi connectivity index (χ4v) is 4.69. The summed E-state index contributed by atoms with van der Waals surface area (Å²) in [5.74, 6) is -0.815. The molecule has 9 nitrogen and oxygen atoms in total. The minimum absolute atomic E-state index is 0.133.